The molecule has 2 atom stereocenters. The van der Waals surface area contributed by atoms with E-state index in [4.69, 9.17) is 0 Å². The Balaban J connectivity index is 2.24. The average Bonchev–Trinajstić information content (AvgIpc) is 2.06. The highest BCUT2D eigenvalue weighted by molar-refractivity contribution is 5.22. The fourth-order valence-corrected chi connectivity index (χ4v) is 2.28. The number of fused-ring (bicyclic) bond motifs is 1. The standard InChI is InChI=1S/C11H16/c1-9-5-4-7-10-6-2-3-8-11(9)10/h4,7-10H,2-3,5-6H2,1H3. The van der Waals surface area contributed by atoms with Crippen LogP contribution in [0.3, 0.4) is 0 Å². The molecule has 2 unspecified atom stereocenters. The minimum Gasteiger partial charge on any atom is -0.0874 e. The number of rotatable bonds is 0. The fourth-order valence-electron chi connectivity index (χ4n) is 2.28. The molecule has 0 bridgehead atoms. The predicted molar refractivity (Wildman–Crippen MR) is 48.3 cm³/mol. The fraction of sp³-hybridized carbons (Fsp3) is 0.636. The monoisotopic (exact) mass is 148 g/mol. The van der Waals surface area contributed by atoms with Gasteiger partial charge < -0.3 is 0 Å². The van der Waals surface area contributed by atoms with E-state index in [0.717, 1.165) is 11.8 Å². The molecule has 2 aliphatic carbocycles. The third-order valence-corrected chi connectivity index (χ3v) is 2.95. The van der Waals surface area contributed by atoms with E-state index in [2.05, 4.69) is 25.2 Å². The van der Waals surface area contributed by atoms with Gasteiger partial charge in [-0.2, -0.15) is 0 Å². The highest BCUT2D eigenvalue weighted by Crippen LogP contribution is 2.35. The van der Waals surface area contributed by atoms with Crippen LogP contribution < -0.4 is 0 Å². The second-order valence-electron chi connectivity index (χ2n) is 3.81. The quantitative estimate of drug-likeness (QED) is 0.462. The van der Waals surface area contributed by atoms with Gasteiger partial charge in [-0.25, -0.2) is 0 Å². The zero-order valence-electron chi connectivity index (χ0n) is 7.22. The first kappa shape index (κ1) is 7.15. The van der Waals surface area contributed by atoms with Crippen molar-refractivity contribution in [3.8, 4) is 0 Å². The third kappa shape index (κ3) is 1.26. The normalized spacial score (nSPS) is 36.3. The molecular formula is C11H16. The van der Waals surface area contributed by atoms with Gasteiger partial charge >= 0.3 is 0 Å². The summed E-state index contributed by atoms with van der Waals surface area (Å²) in [6.07, 6.45) is 12.6. The van der Waals surface area contributed by atoms with Gasteiger partial charge in [0.05, 0.1) is 0 Å². The Morgan fingerprint density at radius 3 is 3.18 bits per heavy atom. The summed E-state index contributed by atoms with van der Waals surface area (Å²) < 4.78 is 0. The largest absolute Gasteiger partial charge is 0.0874 e. The second-order valence-corrected chi connectivity index (χ2v) is 3.81. The van der Waals surface area contributed by atoms with Crippen molar-refractivity contribution < 1.29 is 0 Å². The summed E-state index contributed by atoms with van der Waals surface area (Å²) in [6.45, 7) is 2.35. The van der Waals surface area contributed by atoms with Gasteiger partial charge in [0.2, 0.25) is 0 Å². The maximum absolute atomic E-state index is 2.47. The first-order valence-electron chi connectivity index (χ1n) is 4.74. The lowest BCUT2D eigenvalue weighted by molar-refractivity contribution is 0.498. The van der Waals surface area contributed by atoms with Gasteiger partial charge in [-0.15, -0.1) is 0 Å². The van der Waals surface area contributed by atoms with Crippen LogP contribution in [0, 0.1) is 11.8 Å². The molecule has 60 valence electrons. The van der Waals surface area contributed by atoms with Gasteiger partial charge in [-0.1, -0.05) is 30.7 Å². The Hall–Kier alpha value is -0.520. The van der Waals surface area contributed by atoms with Crippen LogP contribution in [-0.2, 0) is 0 Å². The maximum Gasteiger partial charge on any atom is -0.00204 e. The van der Waals surface area contributed by atoms with E-state index in [-0.39, 0.29) is 0 Å². The molecule has 0 saturated heterocycles. The lowest BCUT2D eigenvalue weighted by Crippen LogP contribution is -2.15. The van der Waals surface area contributed by atoms with Gasteiger partial charge in [-0.3, -0.25) is 0 Å². The molecule has 0 radical (unpaired) electrons. The van der Waals surface area contributed by atoms with E-state index in [1.54, 1.807) is 5.57 Å². The molecule has 0 N–H and O–H groups in total. The van der Waals surface area contributed by atoms with Crippen molar-refractivity contribution in [3.05, 3.63) is 23.8 Å². The van der Waals surface area contributed by atoms with Crippen LogP contribution in [0.25, 0.3) is 0 Å². The van der Waals surface area contributed by atoms with Crippen LogP contribution >= 0.6 is 0 Å². The van der Waals surface area contributed by atoms with Crippen molar-refractivity contribution in [2.24, 2.45) is 11.8 Å². The zero-order valence-corrected chi connectivity index (χ0v) is 7.22. The Kier molecular flexibility index (Phi) is 1.85. The summed E-state index contributed by atoms with van der Waals surface area (Å²) in [5.41, 5.74) is 1.72. The van der Waals surface area contributed by atoms with Crippen LogP contribution in [0.2, 0.25) is 0 Å². The molecule has 0 aromatic heterocycles. The van der Waals surface area contributed by atoms with E-state index < -0.39 is 0 Å². The molecular weight excluding hydrogens is 132 g/mol. The van der Waals surface area contributed by atoms with Gasteiger partial charge in [-0.05, 0) is 37.5 Å². The minimum atomic E-state index is 0.812. The van der Waals surface area contributed by atoms with Crippen molar-refractivity contribution in [2.75, 3.05) is 0 Å². The smallest absolute Gasteiger partial charge is 0.00204 e. The highest BCUT2D eigenvalue weighted by Gasteiger charge is 2.21. The maximum atomic E-state index is 2.47. The lowest BCUT2D eigenvalue weighted by Gasteiger charge is -2.29. The van der Waals surface area contributed by atoms with Gasteiger partial charge in [0, 0.05) is 0 Å². The molecule has 0 amide bonds. The van der Waals surface area contributed by atoms with Gasteiger partial charge in [0.25, 0.3) is 0 Å². The second kappa shape index (κ2) is 2.84. The molecule has 0 nitrogen and oxygen atoms in total. The Labute approximate surface area is 69.0 Å². The Morgan fingerprint density at radius 2 is 2.36 bits per heavy atom. The van der Waals surface area contributed by atoms with Gasteiger partial charge in [0.15, 0.2) is 0 Å². The SMILES string of the molecule is CC1CC=CC2CCCC=C12. The summed E-state index contributed by atoms with van der Waals surface area (Å²) in [6, 6.07) is 0. The Morgan fingerprint density at radius 1 is 1.45 bits per heavy atom. The van der Waals surface area contributed by atoms with Crippen molar-refractivity contribution in [1.29, 1.82) is 0 Å². The van der Waals surface area contributed by atoms with Crippen molar-refractivity contribution in [3.63, 3.8) is 0 Å². The number of allylic oxidation sites excluding steroid dienone is 4. The predicted octanol–water partition coefficient (Wildman–Crippen LogP) is 3.31. The van der Waals surface area contributed by atoms with Crippen molar-refractivity contribution >= 4 is 0 Å². The average molecular weight is 148 g/mol. The molecule has 0 aromatic rings. The van der Waals surface area contributed by atoms with Crippen LogP contribution in [-0.4, -0.2) is 0 Å². The molecule has 2 rings (SSSR count). The van der Waals surface area contributed by atoms with Crippen LogP contribution in [0.5, 0.6) is 0 Å². The van der Waals surface area contributed by atoms with E-state index in [1.165, 1.54) is 25.7 Å². The van der Waals surface area contributed by atoms with Crippen LogP contribution in [0.1, 0.15) is 32.6 Å². The number of hydrogen-bond acceptors (Lipinski definition) is 0. The molecule has 0 saturated carbocycles. The molecule has 0 heteroatoms. The first-order valence-corrected chi connectivity index (χ1v) is 4.74. The molecule has 0 fully saturated rings. The van der Waals surface area contributed by atoms with E-state index in [0.29, 0.717) is 0 Å². The molecule has 2 aliphatic rings. The van der Waals surface area contributed by atoms with Gasteiger partial charge in [0.1, 0.15) is 0 Å². The zero-order chi connectivity index (χ0) is 7.68. The first-order chi connectivity index (χ1) is 5.38. The molecule has 0 aromatic carbocycles. The third-order valence-electron chi connectivity index (χ3n) is 2.95. The summed E-state index contributed by atoms with van der Waals surface area (Å²) >= 11 is 0. The summed E-state index contributed by atoms with van der Waals surface area (Å²) in [7, 11) is 0. The summed E-state index contributed by atoms with van der Waals surface area (Å²) in [5, 5.41) is 0. The lowest BCUT2D eigenvalue weighted by atomic mass is 9.76. The van der Waals surface area contributed by atoms with E-state index in [1.807, 2.05) is 0 Å². The topological polar surface area (TPSA) is 0 Å². The van der Waals surface area contributed by atoms with E-state index >= 15 is 0 Å². The van der Waals surface area contributed by atoms with Crippen LogP contribution in [0.4, 0.5) is 0 Å². The molecule has 0 spiro atoms. The minimum absolute atomic E-state index is 0.812. The van der Waals surface area contributed by atoms with Crippen molar-refractivity contribution in [1.82, 2.24) is 0 Å². The number of hydrogen-bond donors (Lipinski definition) is 0. The Bertz CT molecular complexity index is 198. The molecule has 0 aliphatic heterocycles. The summed E-state index contributed by atoms with van der Waals surface area (Å²) in [5.74, 6) is 1.64. The molecule has 11 heavy (non-hydrogen) atoms. The van der Waals surface area contributed by atoms with Crippen LogP contribution in [0.15, 0.2) is 23.8 Å². The highest BCUT2D eigenvalue weighted by atomic mass is 14.3. The summed E-state index contributed by atoms with van der Waals surface area (Å²) in [4.78, 5) is 0. The molecule has 0 heterocycles. The van der Waals surface area contributed by atoms with E-state index in [9.17, 15) is 0 Å². The van der Waals surface area contributed by atoms with Crippen molar-refractivity contribution in [2.45, 2.75) is 32.6 Å².